The maximum Gasteiger partial charge on any atom is 0.0623 e. The minimum atomic E-state index is 0.234. The molecule has 0 fully saturated rings. The summed E-state index contributed by atoms with van der Waals surface area (Å²) >= 11 is 0. The van der Waals surface area contributed by atoms with Crippen molar-refractivity contribution in [1.29, 1.82) is 0 Å². The smallest absolute Gasteiger partial charge is 0.0623 e. The molecule has 0 amide bonds. The van der Waals surface area contributed by atoms with Crippen molar-refractivity contribution in [3.8, 4) is 0 Å². The fourth-order valence-electron chi connectivity index (χ4n) is 2.07. The van der Waals surface area contributed by atoms with Gasteiger partial charge in [0.15, 0.2) is 0 Å². The van der Waals surface area contributed by atoms with Crippen LogP contribution < -0.4 is 4.90 Å². The van der Waals surface area contributed by atoms with Crippen LogP contribution >= 0.6 is 0 Å². The van der Waals surface area contributed by atoms with E-state index in [0.29, 0.717) is 6.04 Å². The summed E-state index contributed by atoms with van der Waals surface area (Å²) < 4.78 is 7.56. The molecule has 0 spiro atoms. The molecule has 0 saturated heterocycles. The van der Waals surface area contributed by atoms with Crippen molar-refractivity contribution >= 4 is 5.69 Å². The number of anilines is 1. The molecular weight excluding hydrogens is 146 g/mol. The van der Waals surface area contributed by atoms with Gasteiger partial charge in [0.25, 0.3) is 0 Å². The van der Waals surface area contributed by atoms with Crippen LogP contribution in [0.25, 0.3) is 0 Å². The number of rotatable bonds is 0. The van der Waals surface area contributed by atoms with Crippen LogP contribution in [0.3, 0.4) is 0 Å². The van der Waals surface area contributed by atoms with Gasteiger partial charge in [-0.15, -0.1) is 0 Å². The molecule has 1 aliphatic heterocycles. The molecule has 1 heterocycles. The summed E-state index contributed by atoms with van der Waals surface area (Å²) in [6, 6.07) is 6.51. The van der Waals surface area contributed by atoms with Crippen LogP contribution in [-0.2, 0) is 5.41 Å². The van der Waals surface area contributed by atoms with E-state index in [9.17, 15) is 0 Å². The third-order valence-corrected chi connectivity index (χ3v) is 2.62. The third kappa shape index (κ3) is 0.927. The molecule has 0 radical (unpaired) electrons. The summed E-state index contributed by atoms with van der Waals surface area (Å²) in [5, 5.41) is 0. The second-order valence-electron chi connectivity index (χ2n) is 4.18. The van der Waals surface area contributed by atoms with Gasteiger partial charge in [0, 0.05) is 24.7 Å². The summed E-state index contributed by atoms with van der Waals surface area (Å²) in [5.74, 6) is 0. The highest BCUT2D eigenvalue weighted by Gasteiger charge is 2.32. The third-order valence-electron chi connectivity index (χ3n) is 2.62. The van der Waals surface area contributed by atoms with Gasteiger partial charge in [0.1, 0.15) is 0 Å². The van der Waals surface area contributed by atoms with Crippen LogP contribution in [0.5, 0.6) is 0 Å². The van der Waals surface area contributed by atoms with Crippen LogP contribution in [0.15, 0.2) is 24.2 Å². The Morgan fingerprint density at radius 1 is 1.50 bits per heavy atom. The largest absolute Gasteiger partial charge is 0.373 e. The molecule has 0 aliphatic carbocycles. The maximum atomic E-state index is 7.56. The number of hydrogen-bond donors (Lipinski definition) is 0. The molecule has 12 heavy (non-hydrogen) atoms. The zero-order valence-electron chi connectivity index (χ0n) is 8.89. The molecule has 0 aromatic heterocycles. The Morgan fingerprint density at radius 3 is 3.00 bits per heavy atom. The second-order valence-corrected chi connectivity index (χ2v) is 4.18. The molecule has 1 heteroatoms. The summed E-state index contributed by atoms with van der Waals surface area (Å²) in [5.41, 5.74) is 2.82. The van der Waals surface area contributed by atoms with Crippen LogP contribution in [0, 0.1) is 0 Å². The second kappa shape index (κ2) is 2.25. The van der Waals surface area contributed by atoms with Gasteiger partial charge in [-0.3, -0.25) is 0 Å². The molecule has 1 nitrogen and oxygen atoms in total. The van der Waals surface area contributed by atoms with Gasteiger partial charge >= 0.3 is 0 Å². The quantitative estimate of drug-likeness (QED) is 0.566. The van der Waals surface area contributed by atoms with E-state index in [2.05, 4.69) is 31.9 Å². The zero-order valence-corrected chi connectivity index (χ0v) is 7.89. The molecule has 0 atom stereocenters. The predicted molar refractivity (Wildman–Crippen MR) is 52.7 cm³/mol. The topological polar surface area (TPSA) is 3.24 Å². The van der Waals surface area contributed by atoms with E-state index < -0.39 is 0 Å². The molecule has 0 saturated carbocycles. The summed E-state index contributed by atoms with van der Waals surface area (Å²) in [4.78, 5) is 2.23. The molecule has 0 unspecified atom stereocenters. The molecular formula is C11H15N. The number of benzene rings is 1. The van der Waals surface area contributed by atoms with Gasteiger partial charge in [-0.1, -0.05) is 32.0 Å². The lowest BCUT2D eigenvalue weighted by atomic mass is 9.87. The molecule has 0 N–H and O–H groups in total. The highest BCUT2D eigenvalue weighted by Crippen LogP contribution is 2.38. The highest BCUT2D eigenvalue weighted by atomic mass is 15.1. The molecule has 2 rings (SSSR count). The fourth-order valence-corrected chi connectivity index (χ4v) is 2.07. The van der Waals surface area contributed by atoms with E-state index in [0.717, 1.165) is 6.54 Å². The van der Waals surface area contributed by atoms with Crippen molar-refractivity contribution in [1.82, 2.24) is 0 Å². The molecule has 1 aromatic rings. The number of nitrogens with zero attached hydrogens (tertiary/aromatic N) is 1. The maximum absolute atomic E-state index is 7.56. The van der Waals surface area contributed by atoms with Crippen molar-refractivity contribution in [3.63, 3.8) is 0 Å². The molecule has 64 valence electrons. The van der Waals surface area contributed by atoms with Gasteiger partial charge in [-0.05, 0) is 11.6 Å². The lowest BCUT2D eigenvalue weighted by Crippen LogP contribution is -2.24. The predicted octanol–water partition coefficient (Wildman–Crippen LogP) is 2.41. The highest BCUT2D eigenvalue weighted by molar-refractivity contribution is 5.61. The number of likely N-dealkylation sites (N-methyl/N-ethyl adjacent to an activating group) is 1. The van der Waals surface area contributed by atoms with Crippen LogP contribution in [0.4, 0.5) is 5.69 Å². The van der Waals surface area contributed by atoms with E-state index in [1.165, 1.54) is 11.3 Å². The van der Waals surface area contributed by atoms with Crippen LogP contribution in [0.2, 0.25) is 0 Å². The van der Waals surface area contributed by atoms with E-state index in [-0.39, 0.29) is 5.41 Å². The van der Waals surface area contributed by atoms with Gasteiger partial charge < -0.3 is 4.90 Å². The first-order valence-corrected chi connectivity index (χ1v) is 4.33. The zero-order chi connectivity index (χ0) is 9.64. The first kappa shape index (κ1) is 6.53. The normalized spacial score (nSPS) is 20.6. The Bertz CT molecular complexity index is 344. The Labute approximate surface area is 75.4 Å². The first-order chi connectivity index (χ1) is 6.00. The summed E-state index contributed by atoms with van der Waals surface area (Å²) in [6.07, 6.45) is 0. The van der Waals surface area contributed by atoms with E-state index in [1.54, 1.807) is 0 Å². The summed E-state index contributed by atoms with van der Waals surface area (Å²) in [6.45, 7) is 5.55. The van der Waals surface area contributed by atoms with Crippen molar-refractivity contribution in [2.75, 3.05) is 18.5 Å². The van der Waals surface area contributed by atoms with Gasteiger partial charge in [-0.25, -0.2) is 0 Å². The van der Waals surface area contributed by atoms with Crippen molar-refractivity contribution in [3.05, 3.63) is 29.8 Å². The average molecular weight is 162 g/mol. The number of fused-ring (bicyclic) bond motifs is 1. The Hall–Kier alpha value is -0.980. The van der Waals surface area contributed by atoms with Gasteiger partial charge in [0.2, 0.25) is 0 Å². The van der Waals surface area contributed by atoms with E-state index >= 15 is 0 Å². The minimum absolute atomic E-state index is 0.234. The Morgan fingerprint density at radius 2 is 2.25 bits per heavy atom. The number of hydrogen-bond acceptors (Lipinski definition) is 1. The van der Waals surface area contributed by atoms with Gasteiger partial charge in [0.05, 0.1) is 1.37 Å². The molecule has 1 aromatic carbocycles. The van der Waals surface area contributed by atoms with Gasteiger partial charge in [-0.2, -0.15) is 0 Å². The first-order valence-electron chi connectivity index (χ1n) is 4.83. The molecule has 1 aliphatic rings. The lowest BCUT2D eigenvalue weighted by Gasteiger charge is -2.18. The minimum Gasteiger partial charge on any atom is -0.373 e. The fraction of sp³-hybridized carbons (Fsp3) is 0.455. The van der Waals surface area contributed by atoms with Crippen LogP contribution in [0.1, 0.15) is 20.8 Å². The SMILES string of the molecule is [2H]c1ccc2c(c1)N(C)CC2(C)C. The average Bonchev–Trinajstić information content (AvgIpc) is 2.22. The van der Waals surface area contributed by atoms with Crippen LogP contribution in [-0.4, -0.2) is 13.6 Å². The monoisotopic (exact) mass is 162 g/mol. The van der Waals surface area contributed by atoms with Crippen molar-refractivity contribution in [2.24, 2.45) is 0 Å². The lowest BCUT2D eigenvalue weighted by molar-refractivity contribution is 0.563. The van der Waals surface area contributed by atoms with Crippen molar-refractivity contribution in [2.45, 2.75) is 19.3 Å². The Balaban J connectivity index is 2.59. The standard InChI is InChI=1S/C11H15N/c1-11(2)8-12(3)10-7-5-4-6-9(10)11/h4-7H,8H2,1-3H3/i5D. The van der Waals surface area contributed by atoms with E-state index in [1.807, 2.05) is 12.1 Å². The number of para-hydroxylation sites is 1. The van der Waals surface area contributed by atoms with E-state index in [4.69, 9.17) is 1.37 Å². The Kier molecular flexibility index (Phi) is 1.23. The summed E-state index contributed by atoms with van der Waals surface area (Å²) in [7, 11) is 2.09. The van der Waals surface area contributed by atoms with Crippen molar-refractivity contribution < 1.29 is 1.37 Å². The molecule has 0 bridgehead atoms.